The minimum atomic E-state index is -0.617. The van der Waals surface area contributed by atoms with E-state index in [1.165, 1.54) is 18.5 Å². The number of pyridine rings is 1. The van der Waals surface area contributed by atoms with E-state index in [2.05, 4.69) is 20.2 Å². The third-order valence-electron chi connectivity index (χ3n) is 4.56. The Morgan fingerprint density at radius 3 is 2.68 bits per heavy atom. The van der Waals surface area contributed by atoms with Crippen molar-refractivity contribution in [3.8, 4) is 0 Å². The maximum atomic E-state index is 12.5. The Morgan fingerprint density at radius 1 is 1.13 bits per heavy atom. The molecule has 31 heavy (non-hydrogen) atoms. The van der Waals surface area contributed by atoms with Crippen molar-refractivity contribution in [2.24, 2.45) is 0 Å². The molecule has 0 saturated heterocycles. The van der Waals surface area contributed by atoms with Crippen molar-refractivity contribution in [2.45, 2.75) is 33.4 Å². The molecule has 0 saturated carbocycles. The molecule has 0 aliphatic rings. The third-order valence-corrected chi connectivity index (χ3v) is 4.56. The summed E-state index contributed by atoms with van der Waals surface area (Å²) in [7, 11) is 0. The first kappa shape index (κ1) is 20.3. The zero-order valence-electron chi connectivity index (χ0n) is 17.2. The average molecular weight is 424 g/mol. The summed E-state index contributed by atoms with van der Waals surface area (Å²) in [5, 5.41) is 7.64. The lowest BCUT2D eigenvalue weighted by atomic mass is 10.2. The Morgan fingerprint density at radius 2 is 1.94 bits per heavy atom. The molecule has 11 nitrogen and oxygen atoms in total. The van der Waals surface area contributed by atoms with Crippen LogP contribution in [0.1, 0.15) is 53.2 Å². The monoisotopic (exact) mass is 424 g/mol. The molecule has 0 amide bonds. The summed E-state index contributed by atoms with van der Waals surface area (Å²) in [6.07, 6.45) is 4.40. The minimum Gasteiger partial charge on any atom is -0.462 e. The summed E-state index contributed by atoms with van der Waals surface area (Å²) in [5.41, 5.74) is 0.888. The van der Waals surface area contributed by atoms with E-state index in [1.807, 2.05) is 13.8 Å². The molecule has 0 aromatic carbocycles. The predicted octanol–water partition coefficient (Wildman–Crippen LogP) is 1.88. The lowest BCUT2D eigenvalue weighted by Crippen LogP contribution is -2.17. The fraction of sp³-hybridized carbons (Fsp3) is 0.300. The van der Waals surface area contributed by atoms with Gasteiger partial charge in [0.1, 0.15) is 12.2 Å². The van der Waals surface area contributed by atoms with Crippen molar-refractivity contribution in [2.75, 3.05) is 6.61 Å². The number of hydrogen-bond acceptors (Lipinski definition) is 8. The molecule has 0 fully saturated rings. The molecule has 4 aromatic heterocycles. The van der Waals surface area contributed by atoms with Gasteiger partial charge in [0.15, 0.2) is 11.3 Å². The highest BCUT2D eigenvalue weighted by molar-refractivity contribution is 5.95. The van der Waals surface area contributed by atoms with Gasteiger partial charge in [-0.1, -0.05) is 0 Å². The second-order valence-electron chi connectivity index (χ2n) is 7.05. The van der Waals surface area contributed by atoms with Crippen molar-refractivity contribution in [1.82, 2.24) is 29.4 Å². The molecular formula is C20H20N6O5. The van der Waals surface area contributed by atoms with Gasteiger partial charge in [0.25, 0.3) is 5.56 Å². The Hall–Kier alpha value is -4.02. The summed E-state index contributed by atoms with van der Waals surface area (Å²) in [6.45, 7) is 5.59. The Balaban J connectivity index is 1.55. The quantitative estimate of drug-likeness (QED) is 0.464. The van der Waals surface area contributed by atoms with Gasteiger partial charge < -0.3 is 9.47 Å². The molecule has 1 N–H and O–H groups in total. The van der Waals surface area contributed by atoms with E-state index >= 15 is 0 Å². The zero-order chi connectivity index (χ0) is 22.1. The van der Waals surface area contributed by atoms with Gasteiger partial charge in [0, 0.05) is 29.9 Å². The smallest absolute Gasteiger partial charge is 0.343 e. The summed E-state index contributed by atoms with van der Waals surface area (Å²) in [6, 6.07) is 3.00. The molecule has 0 aliphatic carbocycles. The normalized spacial score (nSPS) is 11.4. The SMILES string of the molecule is CCOC(=O)c1c[nH]n2c(=O)cc(COC(=O)c3cnc4c(cnn4C(C)C)c3)nc12. The Bertz CT molecular complexity index is 1350. The summed E-state index contributed by atoms with van der Waals surface area (Å²) in [4.78, 5) is 45.4. The molecule has 0 aliphatic heterocycles. The molecule has 0 atom stereocenters. The van der Waals surface area contributed by atoms with Gasteiger partial charge in [-0.05, 0) is 26.8 Å². The van der Waals surface area contributed by atoms with Gasteiger partial charge in [0.2, 0.25) is 0 Å². The summed E-state index contributed by atoms with van der Waals surface area (Å²) < 4.78 is 13.1. The van der Waals surface area contributed by atoms with Crippen LogP contribution in [0.3, 0.4) is 0 Å². The van der Waals surface area contributed by atoms with Crippen LogP contribution >= 0.6 is 0 Å². The van der Waals surface area contributed by atoms with Gasteiger partial charge in [-0.2, -0.15) is 5.10 Å². The molecule has 4 rings (SSSR count). The first-order valence-corrected chi connectivity index (χ1v) is 9.66. The van der Waals surface area contributed by atoms with Crippen molar-refractivity contribution < 1.29 is 19.1 Å². The van der Waals surface area contributed by atoms with Gasteiger partial charge in [-0.25, -0.2) is 28.8 Å². The first-order chi connectivity index (χ1) is 14.9. The number of ether oxygens (including phenoxy) is 2. The number of aromatic amines is 1. The van der Waals surface area contributed by atoms with E-state index < -0.39 is 17.5 Å². The Kier molecular flexibility index (Phi) is 5.24. The highest BCUT2D eigenvalue weighted by atomic mass is 16.5. The van der Waals surface area contributed by atoms with Crippen LogP contribution in [0.4, 0.5) is 0 Å². The molecular weight excluding hydrogens is 404 g/mol. The topological polar surface area (TPSA) is 133 Å². The fourth-order valence-electron chi connectivity index (χ4n) is 3.11. The van der Waals surface area contributed by atoms with Crippen LogP contribution in [-0.2, 0) is 16.1 Å². The number of carbonyl (C=O) groups is 2. The maximum Gasteiger partial charge on any atom is 0.343 e. The van der Waals surface area contributed by atoms with Gasteiger partial charge in [-0.3, -0.25) is 9.89 Å². The van der Waals surface area contributed by atoms with E-state index in [9.17, 15) is 14.4 Å². The van der Waals surface area contributed by atoms with E-state index in [0.29, 0.717) is 11.0 Å². The van der Waals surface area contributed by atoms with Crippen molar-refractivity contribution in [1.29, 1.82) is 0 Å². The largest absolute Gasteiger partial charge is 0.462 e. The van der Waals surface area contributed by atoms with E-state index in [4.69, 9.17) is 9.47 Å². The number of fused-ring (bicyclic) bond motifs is 2. The number of hydrogen-bond donors (Lipinski definition) is 1. The zero-order valence-corrected chi connectivity index (χ0v) is 17.2. The lowest BCUT2D eigenvalue weighted by Gasteiger charge is -2.07. The summed E-state index contributed by atoms with van der Waals surface area (Å²) in [5.74, 6) is -1.23. The second-order valence-corrected chi connectivity index (χ2v) is 7.05. The molecule has 4 heterocycles. The van der Waals surface area contributed by atoms with Crippen molar-refractivity contribution >= 4 is 28.6 Å². The minimum absolute atomic E-state index is 0.0983. The van der Waals surface area contributed by atoms with Crippen LogP contribution < -0.4 is 5.56 Å². The standard InChI is InChI=1S/C20H20N6O5/c1-4-30-20(29)15-9-23-26-16(27)6-14(24-18(15)26)10-31-19(28)13-5-12-8-22-25(11(2)3)17(12)21-7-13/h5-9,11,23H,4,10H2,1-3H3. The Labute approximate surface area is 175 Å². The van der Waals surface area contributed by atoms with Gasteiger partial charge in [0.05, 0.1) is 24.1 Å². The molecule has 0 radical (unpaired) electrons. The highest BCUT2D eigenvalue weighted by Gasteiger charge is 2.18. The van der Waals surface area contributed by atoms with E-state index in [0.717, 1.165) is 4.52 Å². The molecule has 0 spiro atoms. The van der Waals surface area contributed by atoms with Gasteiger partial charge >= 0.3 is 11.9 Å². The number of carbonyl (C=O) groups excluding carboxylic acids is 2. The van der Waals surface area contributed by atoms with Crippen LogP contribution in [0, 0.1) is 0 Å². The van der Waals surface area contributed by atoms with Crippen LogP contribution in [-0.4, -0.2) is 47.9 Å². The molecule has 0 unspecified atom stereocenters. The predicted molar refractivity (Wildman–Crippen MR) is 109 cm³/mol. The van der Waals surface area contributed by atoms with Crippen LogP contribution in [0.5, 0.6) is 0 Å². The molecule has 11 heteroatoms. The number of esters is 2. The average Bonchev–Trinajstić information content (AvgIpc) is 3.36. The van der Waals surface area contributed by atoms with E-state index in [-0.39, 0.29) is 41.7 Å². The fourth-order valence-corrected chi connectivity index (χ4v) is 3.11. The summed E-state index contributed by atoms with van der Waals surface area (Å²) >= 11 is 0. The number of nitrogens with one attached hydrogen (secondary N) is 1. The second kappa shape index (κ2) is 8.01. The first-order valence-electron chi connectivity index (χ1n) is 9.66. The number of nitrogens with zero attached hydrogens (tertiary/aromatic N) is 5. The number of H-pyrrole nitrogens is 1. The van der Waals surface area contributed by atoms with Crippen LogP contribution in [0.2, 0.25) is 0 Å². The van der Waals surface area contributed by atoms with Crippen molar-refractivity contribution in [3.63, 3.8) is 0 Å². The van der Waals surface area contributed by atoms with Crippen LogP contribution in [0.15, 0.2) is 35.5 Å². The lowest BCUT2D eigenvalue weighted by molar-refractivity contribution is 0.0465. The van der Waals surface area contributed by atoms with E-state index in [1.54, 1.807) is 23.9 Å². The maximum absolute atomic E-state index is 12.5. The molecule has 160 valence electrons. The number of aromatic nitrogens is 6. The highest BCUT2D eigenvalue weighted by Crippen LogP contribution is 2.17. The van der Waals surface area contributed by atoms with Crippen LogP contribution in [0.25, 0.3) is 16.7 Å². The van der Waals surface area contributed by atoms with Crippen molar-refractivity contribution in [3.05, 3.63) is 57.9 Å². The van der Waals surface area contributed by atoms with Gasteiger partial charge in [-0.15, -0.1) is 0 Å². The molecule has 4 aromatic rings. The number of rotatable bonds is 6. The molecule has 0 bridgehead atoms. The third kappa shape index (κ3) is 3.77.